The van der Waals surface area contributed by atoms with Crippen LogP contribution in [0.4, 0.5) is 10.5 Å². The van der Waals surface area contributed by atoms with Gasteiger partial charge < -0.3 is 5.73 Å². The van der Waals surface area contributed by atoms with E-state index in [1.54, 1.807) is 7.05 Å². The van der Waals surface area contributed by atoms with Gasteiger partial charge in [-0.3, -0.25) is 4.90 Å². The Bertz CT molecular complexity index is 334. The molecule has 2 N–H and O–H groups in total. The Kier molecular flexibility index (Phi) is 2.56. The smallest absolute Gasteiger partial charge is 0.319 e. The first kappa shape index (κ1) is 9.58. The molecule has 0 spiro atoms. The Hall–Kier alpha value is -1.51. The highest BCUT2D eigenvalue weighted by Crippen LogP contribution is 2.19. The van der Waals surface area contributed by atoms with Crippen LogP contribution in [-0.2, 0) is 0 Å². The number of aryl methyl sites for hydroxylation is 2. The number of anilines is 1. The van der Waals surface area contributed by atoms with E-state index in [0.29, 0.717) is 0 Å². The van der Waals surface area contributed by atoms with Gasteiger partial charge in [0, 0.05) is 12.7 Å². The van der Waals surface area contributed by atoms with Crippen LogP contribution < -0.4 is 10.6 Å². The van der Waals surface area contributed by atoms with E-state index >= 15 is 0 Å². The molecule has 0 aliphatic rings. The van der Waals surface area contributed by atoms with E-state index in [4.69, 9.17) is 5.73 Å². The van der Waals surface area contributed by atoms with E-state index in [0.717, 1.165) is 11.3 Å². The van der Waals surface area contributed by atoms with Crippen LogP contribution in [0.3, 0.4) is 0 Å². The lowest BCUT2D eigenvalue weighted by molar-refractivity contribution is 0.255. The van der Waals surface area contributed by atoms with Crippen molar-refractivity contribution in [2.75, 3.05) is 11.9 Å². The number of rotatable bonds is 1. The number of amides is 2. The summed E-state index contributed by atoms with van der Waals surface area (Å²) in [5.74, 6) is 0. The Balaban J connectivity index is 3.08. The molecule has 1 rings (SSSR count). The fourth-order valence-electron chi connectivity index (χ4n) is 1.30. The largest absolute Gasteiger partial charge is 0.351 e. The van der Waals surface area contributed by atoms with E-state index in [2.05, 4.69) is 0 Å². The molecule has 70 valence electrons. The number of carbonyl (C=O) groups excluding carboxylic acids is 1. The Morgan fingerprint density at radius 3 is 2.46 bits per heavy atom. The van der Waals surface area contributed by atoms with Gasteiger partial charge in [0.15, 0.2) is 0 Å². The zero-order valence-corrected chi connectivity index (χ0v) is 8.16. The normalized spacial score (nSPS) is 9.77. The minimum atomic E-state index is -0.438. The average molecular weight is 178 g/mol. The van der Waals surface area contributed by atoms with E-state index in [1.165, 1.54) is 10.5 Å². The molecule has 1 aromatic carbocycles. The van der Waals surface area contributed by atoms with Crippen molar-refractivity contribution in [1.82, 2.24) is 0 Å². The van der Waals surface area contributed by atoms with E-state index < -0.39 is 6.03 Å². The quantitative estimate of drug-likeness (QED) is 0.700. The molecule has 0 aromatic heterocycles. The second kappa shape index (κ2) is 3.47. The lowest BCUT2D eigenvalue weighted by Crippen LogP contribution is -2.32. The van der Waals surface area contributed by atoms with Gasteiger partial charge in [-0.2, -0.15) is 0 Å². The van der Waals surface area contributed by atoms with Crippen molar-refractivity contribution in [2.24, 2.45) is 5.73 Å². The maximum Gasteiger partial charge on any atom is 0.319 e. The lowest BCUT2D eigenvalue weighted by Gasteiger charge is -2.17. The molecule has 13 heavy (non-hydrogen) atoms. The predicted octanol–water partition coefficient (Wildman–Crippen LogP) is 1.82. The third kappa shape index (κ3) is 1.99. The maximum atomic E-state index is 10.9. The van der Waals surface area contributed by atoms with Crippen LogP contribution in [0.15, 0.2) is 18.2 Å². The monoisotopic (exact) mass is 178 g/mol. The molecule has 0 atom stereocenters. The Labute approximate surface area is 78.2 Å². The summed E-state index contributed by atoms with van der Waals surface area (Å²) >= 11 is 0. The van der Waals surface area contributed by atoms with Crippen LogP contribution in [-0.4, -0.2) is 13.1 Å². The van der Waals surface area contributed by atoms with E-state index in [-0.39, 0.29) is 0 Å². The van der Waals surface area contributed by atoms with Crippen LogP contribution in [0.1, 0.15) is 11.1 Å². The molecule has 0 unspecified atom stereocenters. The summed E-state index contributed by atoms with van der Waals surface area (Å²) in [6.45, 7) is 3.98. The summed E-state index contributed by atoms with van der Waals surface area (Å²) < 4.78 is 0. The Morgan fingerprint density at radius 1 is 1.38 bits per heavy atom. The number of nitrogens with two attached hydrogens (primary N) is 1. The molecule has 0 radical (unpaired) electrons. The second-order valence-electron chi connectivity index (χ2n) is 3.19. The van der Waals surface area contributed by atoms with Gasteiger partial charge in [0.1, 0.15) is 0 Å². The number of carbonyl (C=O) groups is 1. The van der Waals surface area contributed by atoms with Gasteiger partial charge in [-0.1, -0.05) is 17.7 Å². The SMILES string of the molecule is Cc1ccc(N(C)C(N)=O)c(C)c1. The fraction of sp³-hybridized carbons (Fsp3) is 0.300. The third-order valence-corrected chi connectivity index (χ3v) is 2.04. The Morgan fingerprint density at radius 2 is 2.00 bits per heavy atom. The number of primary amides is 1. The highest BCUT2D eigenvalue weighted by atomic mass is 16.2. The molecule has 2 amide bonds. The van der Waals surface area contributed by atoms with Crippen molar-refractivity contribution in [3.8, 4) is 0 Å². The third-order valence-electron chi connectivity index (χ3n) is 2.04. The van der Waals surface area contributed by atoms with Crippen molar-refractivity contribution in [2.45, 2.75) is 13.8 Å². The van der Waals surface area contributed by atoms with Crippen molar-refractivity contribution < 1.29 is 4.79 Å². The van der Waals surface area contributed by atoms with Crippen molar-refractivity contribution in [1.29, 1.82) is 0 Å². The van der Waals surface area contributed by atoms with E-state index in [1.807, 2.05) is 32.0 Å². The summed E-state index contributed by atoms with van der Waals surface area (Å²) in [4.78, 5) is 12.3. The van der Waals surface area contributed by atoms with Gasteiger partial charge in [-0.25, -0.2) is 4.79 Å². The molecular formula is C10H14N2O. The first-order valence-electron chi connectivity index (χ1n) is 4.13. The molecular weight excluding hydrogens is 164 g/mol. The van der Waals surface area contributed by atoms with Crippen LogP contribution in [0.25, 0.3) is 0 Å². The molecule has 0 aliphatic carbocycles. The molecule has 0 fully saturated rings. The lowest BCUT2D eigenvalue weighted by atomic mass is 10.1. The minimum absolute atomic E-state index is 0.438. The number of nitrogens with zero attached hydrogens (tertiary/aromatic N) is 1. The van der Waals surface area contributed by atoms with Crippen molar-refractivity contribution in [3.63, 3.8) is 0 Å². The van der Waals surface area contributed by atoms with Gasteiger partial charge in [-0.05, 0) is 25.5 Å². The fourth-order valence-corrected chi connectivity index (χ4v) is 1.30. The van der Waals surface area contributed by atoms with Crippen molar-refractivity contribution in [3.05, 3.63) is 29.3 Å². The molecule has 0 saturated carbocycles. The molecule has 0 bridgehead atoms. The number of urea groups is 1. The topological polar surface area (TPSA) is 46.3 Å². The molecule has 0 heterocycles. The van der Waals surface area contributed by atoms with E-state index in [9.17, 15) is 4.79 Å². The van der Waals surface area contributed by atoms with Crippen LogP contribution >= 0.6 is 0 Å². The number of hydrogen-bond donors (Lipinski definition) is 1. The first-order chi connectivity index (χ1) is 6.02. The van der Waals surface area contributed by atoms with Crippen LogP contribution in [0, 0.1) is 13.8 Å². The molecule has 3 nitrogen and oxygen atoms in total. The summed E-state index contributed by atoms with van der Waals surface area (Å²) in [6, 6.07) is 5.44. The predicted molar refractivity (Wildman–Crippen MR) is 53.9 cm³/mol. The first-order valence-corrected chi connectivity index (χ1v) is 4.13. The second-order valence-corrected chi connectivity index (χ2v) is 3.19. The standard InChI is InChI=1S/C10H14N2O/c1-7-4-5-9(8(2)6-7)12(3)10(11)13/h4-6H,1-3H3,(H2,11,13). The van der Waals surface area contributed by atoms with Gasteiger partial charge in [-0.15, -0.1) is 0 Å². The average Bonchev–Trinajstić information content (AvgIpc) is 2.03. The number of benzene rings is 1. The minimum Gasteiger partial charge on any atom is -0.351 e. The van der Waals surface area contributed by atoms with Gasteiger partial charge >= 0.3 is 6.03 Å². The summed E-state index contributed by atoms with van der Waals surface area (Å²) in [5, 5.41) is 0. The maximum absolute atomic E-state index is 10.9. The summed E-state index contributed by atoms with van der Waals surface area (Å²) in [6.07, 6.45) is 0. The van der Waals surface area contributed by atoms with Crippen molar-refractivity contribution >= 4 is 11.7 Å². The molecule has 0 saturated heterocycles. The van der Waals surface area contributed by atoms with Gasteiger partial charge in [0.2, 0.25) is 0 Å². The van der Waals surface area contributed by atoms with Gasteiger partial charge in [0.05, 0.1) is 0 Å². The highest BCUT2D eigenvalue weighted by Gasteiger charge is 2.08. The highest BCUT2D eigenvalue weighted by molar-refractivity contribution is 5.90. The van der Waals surface area contributed by atoms with Crippen LogP contribution in [0.5, 0.6) is 0 Å². The van der Waals surface area contributed by atoms with Crippen LogP contribution in [0.2, 0.25) is 0 Å². The summed E-state index contributed by atoms with van der Waals surface area (Å²) in [5.41, 5.74) is 8.26. The molecule has 1 aromatic rings. The van der Waals surface area contributed by atoms with Gasteiger partial charge in [0.25, 0.3) is 0 Å². The zero-order chi connectivity index (χ0) is 10.0. The molecule has 0 aliphatic heterocycles. The zero-order valence-electron chi connectivity index (χ0n) is 8.16. The summed E-state index contributed by atoms with van der Waals surface area (Å²) in [7, 11) is 1.67. The number of hydrogen-bond acceptors (Lipinski definition) is 1. The molecule has 3 heteroatoms.